The highest BCUT2D eigenvalue weighted by Gasteiger charge is 2.31. The molecule has 118 valence electrons. The largest absolute Gasteiger partial charge is 0.491 e. The van der Waals surface area contributed by atoms with Crippen molar-refractivity contribution in [3.05, 3.63) is 23.8 Å². The molecule has 0 atom stereocenters. The molecule has 0 unspecified atom stereocenters. The molecule has 21 heavy (non-hydrogen) atoms. The van der Waals surface area contributed by atoms with Gasteiger partial charge in [0.25, 0.3) is 0 Å². The number of hydrogen-bond donors (Lipinski definition) is 2. The van der Waals surface area contributed by atoms with Gasteiger partial charge in [0, 0.05) is 5.92 Å². The number of halogens is 3. The molecule has 0 heterocycles. The molecule has 0 spiro atoms. The molecule has 1 amide bonds. The molecule has 1 aromatic rings. The molecule has 0 fully saturated rings. The van der Waals surface area contributed by atoms with Gasteiger partial charge in [-0.25, -0.2) is 0 Å². The second-order valence-electron chi connectivity index (χ2n) is 4.84. The molecule has 0 aliphatic rings. The van der Waals surface area contributed by atoms with Crippen LogP contribution in [0.4, 0.5) is 18.9 Å². The molecular formula is C14H19F3N2O2. The van der Waals surface area contributed by atoms with E-state index in [1.165, 1.54) is 6.07 Å². The zero-order valence-corrected chi connectivity index (χ0v) is 12.0. The van der Waals surface area contributed by atoms with Crippen molar-refractivity contribution in [1.82, 2.24) is 0 Å². The number of ether oxygens (including phenoxy) is 1. The van der Waals surface area contributed by atoms with E-state index < -0.39 is 11.7 Å². The van der Waals surface area contributed by atoms with Crippen molar-refractivity contribution in [2.75, 3.05) is 18.5 Å². The molecule has 0 radical (unpaired) electrons. The second kappa shape index (κ2) is 7.31. The molecule has 3 N–H and O–H groups in total. The van der Waals surface area contributed by atoms with Gasteiger partial charge in [-0.15, -0.1) is 0 Å². The van der Waals surface area contributed by atoms with Gasteiger partial charge in [-0.05, 0) is 31.2 Å². The Labute approximate surface area is 121 Å². The van der Waals surface area contributed by atoms with Crippen molar-refractivity contribution in [3.8, 4) is 5.75 Å². The molecule has 0 saturated heterocycles. The lowest BCUT2D eigenvalue weighted by molar-refractivity contribution is -0.137. The van der Waals surface area contributed by atoms with Crippen molar-refractivity contribution in [2.24, 2.45) is 11.7 Å². The highest BCUT2D eigenvalue weighted by Crippen LogP contribution is 2.35. The van der Waals surface area contributed by atoms with Crippen LogP contribution in [0.25, 0.3) is 0 Å². The first-order chi connectivity index (χ1) is 9.75. The van der Waals surface area contributed by atoms with Crippen LogP contribution in [0.15, 0.2) is 18.2 Å². The summed E-state index contributed by atoms with van der Waals surface area (Å²) in [5.74, 6) is -0.588. The topological polar surface area (TPSA) is 64.3 Å². The van der Waals surface area contributed by atoms with E-state index in [2.05, 4.69) is 5.32 Å². The summed E-state index contributed by atoms with van der Waals surface area (Å²) in [6.45, 7) is 3.93. The Balaban J connectivity index is 3.02. The summed E-state index contributed by atoms with van der Waals surface area (Å²) in [6.07, 6.45) is -3.96. The quantitative estimate of drug-likeness (QED) is 0.794. The first-order valence-corrected chi connectivity index (χ1v) is 6.60. The van der Waals surface area contributed by atoms with Crippen LogP contribution in [0.1, 0.15) is 25.8 Å². The average Bonchev–Trinajstić information content (AvgIpc) is 2.39. The minimum atomic E-state index is -4.47. The van der Waals surface area contributed by atoms with E-state index in [0.29, 0.717) is 13.0 Å². The Morgan fingerprint density at radius 3 is 2.57 bits per heavy atom. The van der Waals surface area contributed by atoms with E-state index in [1.54, 1.807) is 13.8 Å². The normalized spacial score (nSPS) is 11.6. The smallest absolute Gasteiger partial charge is 0.416 e. The monoisotopic (exact) mass is 304 g/mol. The predicted octanol–water partition coefficient (Wildman–Crippen LogP) is 3.03. The number of anilines is 1. The molecule has 4 nitrogen and oxygen atoms in total. The first-order valence-electron chi connectivity index (χ1n) is 6.60. The summed E-state index contributed by atoms with van der Waals surface area (Å²) < 4.78 is 43.4. The lowest BCUT2D eigenvalue weighted by atomic mass is 10.1. The molecular weight excluding hydrogens is 285 g/mol. The molecule has 0 bridgehead atoms. The van der Waals surface area contributed by atoms with E-state index in [9.17, 15) is 18.0 Å². The van der Waals surface area contributed by atoms with Crippen LogP contribution in [0.3, 0.4) is 0 Å². The average molecular weight is 304 g/mol. The number of nitrogens with two attached hydrogens (primary N) is 1. The number of hydrogen-bond acceptors (Lipinski definition) is 3. The number of benzene rings is 1. The van der Waals surface area contributed by atoms with Crippen molar-refractivity contribution >= 4 is 11.6 Å². The molecule has 1 rings (SSSR count). The lowest BCUT2D eigenvalue weighted by Gasteiger charge is -2.16. The Bertz CT molecular complexity index is 488. The fraction of sp³-hybridized carbons (Fsp3) is 0.500. The number of carbonyl (C=O) groups excluding carboxylic acids is 1. The van der Waals surface area contributed by atoms with E-state index >= 15 is 0 Å². The third-order valence-corrected chi connectivity index (χ3v) is 2.70. The number of alkyl halides is 3. The van der Waals surface area contributed by atoms with Gasteiger partial charge in [0.1, 0.15) is 5.75 Å². The molecule has 0 aliphatic carbocycles. The summed E-state index contributed by atoms with van der Waals surface area (Å²) in [7, 11) is 0. The third kappa shape index (κ3) is 5.26. The number of carbonyl (C=O) groups is 1. The summed E-state index contributed by atoms with van der Waals surface area (Å²) >= 11 is 0. The summed E-state index contributed by atoms with van der Waals surface area (Å²) in [5.41, 5.74) is 4.72. The Morgan fingerprint density at radius 2 is 2.05 bits per heavy atom. The molecule has 0 aliphatic heterocycles. The highest BCUT2D eigenvalue weighted by molar-refractivity contribution is 5.93. The number of amides is 1. The fourth-order valence-electron chi connectivity index (χ4n) is 1.46. The van der Waals surface area contributed by atoms with Crippen LogP contribution in [-0.4, -0.2) is 19.1 Å². The van der Waals surface area contributed by atoms with Crippen molar-refractivity contribution in [1.29, 1.82) is 0 Å². The minimum absolute atomic E-state index is 0.00715. The van der Waals surface area contributed by atoms with Gasteiger partial charge in [0.05, 0.1) is 17.9 Å². The zero-order chi connectivity index (χ0) is 16.0. The molecule has 1 aromatic carbocycles. The van der Waals surface area contributed by atoms with Crippen molar-refractivity contribution in [3.63, 3.8) is 0 Å². The predicted molar refractivity (Wildman–Crippen MR) is 74.1 cm³/mol. The van der Waals surface area contributed by atoms with Crippen molar-refractivity contribution < 1.29 is 22.7 Å². The maximum Gasteiger partial charge on any atom is 0.416 e. The van der Waals surface area contributed by atoms with Crippen LogP contribution in [0, 0.1) is 5.92 Å². The highest BCUT2D eigenvalue weighted by atomic mass is 19.4. The Kier molecular flexibility index (Phi) is 6.02. The number of nitrogens with one attached hydrogen (secondary N) is 1. The summed E-state index contributed by atoms with van der Waals surface area (Å²) in [5, 5.41) is 2.55. The lowest BCUT2D eigenvalue weighted by Crippen LogP contribution is -2.19. The number of rotatable bonds is 6. The van der Waals surface area contributed by atoms with E-state index in [-0.39, 0.29) is 29.9 Å². The Hall–Kier alpha value is -1.76. The van der Waals surface area contributed by atoms with Gasteiger partial charge in [-0.1, -0.05) is 13.8 Å². The van der Waals surface area contributed by atoms with Crippen LogP contribution in [0.5, 0.6) is 5.75 Å². The molecule has 0 aromatic heterocycles. The standard InChI is InChI=1S/C14H19F3N2O2/c1-9(2)13(20)19-11-5-4-10(14(15,16)17)8-12(11)21-7-3-6-18/h4-5,8-9H,3,6-7,18H2,1-2H3,(H,19,20). The van der Waals surface area contributed by atoms with E-state index in [0.717, 1.165) is 12.1 Å². The summed E-state index contributed by atoms with van der Waals surface area (Å²) in [4.78, 5) is 11.7. The maximum absolute atomic E-state index is 12.7. The van der Waals surface area contributed by atoms with Gasteiger partial charge in [-0.3, -0.25) is 4.79 Å². The zero-order valence-electron chi connectivity index (χ0n) is 12.0. The third-order valence-electron chi connectivity index (χ3n) is 2.70. The van der Waals surface area contributed by atoms with E-state index in [4.69, 9.17) is 10.5 Å². The molecule has 0 saturated carbocycles. The van der Waals surface area contributed by atoms with Gasteiger partial charge in [-0.2, -0.15) is 13.2 Å². The minimum Gasteiger partial charge on any atom is -0.491 e. The summed E-state index contributed by atoms with van der Waals surface area (Å²) in [6, 6.07) is 2.99. The maximum atomic E-state index is 12.7. The van der Waals surface area contributed by atoms with Crippen LogP contribution >= 0.6 is 0 Å². The van der Waals surface area contributed by atoms with Crippen LogP contribution < -0.4 is 15.8 Å². The van der Waals surface area contributed by atoms with Crippen LogP contribution in [0.2, 0.25) is 0 Å². The van der Waals surface area contributed by atoms with E-state index in [1.807, 2.05) is 0 Å². The fourth-order valence-corrected chi connectivity index (χ4v) is 1.46. The van der Waals surface area contributed by atoms with Crippen molar-refractivity contribution in [2.45, 2.75) is 26.4 Å². The first kappa shape index (κ1) is 17.3. The van der Waals surface area contributed by atoms with Gasteiger partial charge in [0.2, 0.25) is 5.91 Å². The van der Waals surface area contributed by atoms with Crippen LogP contribution in [-0.2, 0) is 11.0 Å². The Morgan fingerprint density at radius 1 is 1.38 bits per heavy atom. The van der Waals surface area contributed by atoms with Gasteiger partial charge in [0.15, 0.2) is 0 Å². The second-order valence-corrected chi connectivity index (χ2v) is 4.84. The SMILES string of the molecule is CC(C)C(=O)Nc1ccc(C(F)(F)F)cc1OCCCN. The van der Waals surface area contributed by atoms with Gasteiger partial charge >= 0.3 is 6.18 Å². The molecule has 7 heteroatoms. The van der Waals surface area contributed by atoms with Gasteiger partial charge < -0.3 is 15.8 Å².